The second-order valence-electron chi connectivity index (χ2n) is 5.80. The smallest absolute Gasteiger partial charge is 0.269 e. The summed E-state index contributed by atoms with van der Waals surface area (Å²) < 4.78 is 7.75. The third-order valence-electron chi connectivity index (χ3n) is 4.03. The second kappa shape index (κ2) is 7.83. The van der Waals surface area contributed by atoms with Crippen molar-refractivity contribution in [1.29, 1.82) is 0 Å². The average molecular weight is 416 g/mol. The van der Waals surface area contributed by atoms with Crippen molar-refractivity contribution in [2.45, 2.75) is 13.3 Å². The number of hydrogen-bond donors (Lipinski definition) is 1. The lowest BCUT2D eigenvalue weighted by molar-refractivity contribution is -0.384. The molecular formula is C18H14ClN5O3S. The number of nitro benzene ring substituents is 1. The lowest BCUT2D eigenvalue weighted by Gasteiger charge is -2.11. The molecule has 0 aliphatic heterocycles. The van der Waals surface area contributed by atoms with E-state index in [0.29, 0.717) is 23.3 Å². The zero-order chi connectivity index (χ0) is 19.5. The Hall–Kier alpha value is -3.17. The molecule has 2 aromatic heterocycles. The van der Waals surface area contributed by atoms with Gasteiger partial charge in [0.05, 0.1) is 22.6 Å². The van der Waals surface area contributed by atoms with E-state index in [-0.39, 0.29) is 12.3 Å². The largest absolute Gasteiger partial charge is 0.486 e. The Morgan fingerprint density at radius 2 is 2.07 bits per heavy atom. The van der Waals surface area contributed by atoms with Gasteiger partial charge in [-0.2, -0.15) is 0 Å². The van der Waals surface area contributed by atoms with Crippen molar-refractivity contribution < 1.29 is 9.66 Å². The van der Waals surface area contributed by atoms with E-state index in [4.69, 9.17) is 16.3 Å². The highest BCUT2D eigenvalue weighted by Crippen LogP contribution is 2.23. The van der Waals surface area contributed by atoms with Gasteiger partial charge in [0, 0.05) is 28.7 Å². The highest BCUT2D eigenvalue weighted by Gasteiger charge is 2.13. The number of thiazole rings is 1. The van der Waals surface area contributed by atoms with Gasteiger partial charge < -0.3 is 14.6 Å². The highest BCUT2D eigenvalue weighted by molar-refractivity contribution is 7.13. The van der Waals surface area contributed by atoms with Crippen LogP contribution in [-0.2, 0) is 13.3 Å². The number of fused-ring (bicyclic) bond motifs is 1. The molecule has 2 aromatic carbocycles. The zero-order valence-corrected chi connectivity index (χ0v) is 16.0. The molecule has 0 amide bonds. The Kier molecular flexibility index (Phi) is 5.09. The number of halogens is 1. The van der Waals surface area contributed by atoms with Crippen molar-refractivity contribution in [2.75, 3.05) is 5.32 Å². The second-order valence-corrected chi connectivity index (χ2v) is 7.13. The van der Waals surface area contributed by atoms with E-state index in [1.54, 1.807) is 24.4 Å². The summed E-state index contributed by atoms with van der Waals surface area (Å²) in [5.41, 5.74) is 1.69. The average Bonchev–Trinajstić information content (AvgIpc) is 3.32. The van der Waals surface area contributed by atoms with Crippen molar-refractivity contribution in [1.82, 2.24) is 14.5 Å². The normalized spacial score (nSPS) is 10.9. The molecule has 0 radical (unpaired) electrons. The quantitative estimate of drug-likeness (QED) is 0.347. The van der Waals surface area contributed by atoms with Crippen molar-refractivity contribution in [3.8, 4) is 5.75 Å². The summed E-state index contributed by atoms with van der Waals surface area (Å²) in [5, 5.41) is 17.3. The van der Waals surface area contributed by atoms with Crippen LogP contribution in [0.2, 0.25) is 5.02 Å². The molecule has 0 saturated carbocycles. The number of nitrogens with one attached hydrogen (secondary N) is 1. The van der Waals surface area contributed by atoms with Crippen LogP contribution in [-0.4, -0.2) is 19.5 Å². The summed E-state index contributed by atoms with van der Waals surface area (Å²) in [7, 11) is 0. The van der Waals surface area contributed by atoms with Crippen molar-refractivity contribution in [3.63, 3.8) is 0 Å². The zero-order valence-electron chi connectivity index (χ0n) is 14.4. The summed E-state index contributed by atoms with van der Waals surface area (Å²) >= 11 is 7.66. The molecular weight excluding hydrogens is 402 g/mol. The number of rotatable bonds is 7. The molecule has 4 aromatic rings. The van der Waals surface area contributed by atoms with Gasteiger partial charge in [0.1, 0.15) is 18.2 Å². The fourth-order valence-corrected chi connectivity index (χ4v) is 3.39. The minimum atomic E-state index is -0.447. The number of nitro groups is 1. The first-order chi connectivity index (χ1) is 13.6. The Labute approximate surface area is 168 Å². The van der Waals surface area contributed by atoms with Crippen LogP contribution in [0.1, 0.15) is 5.82 Å². The molecule has 28 heavy (non-hydrogen) atoms. The number of imidazole rings is 1. The van der Waals surface area contributed by atoms with E-state index in [9.17, 15) is 10.1 Å². The highest BCUT2D eigenvalue weighted by atomic mass is 35.5. The van der Waals surface area contributed by atoms with Crippen molar-refractivity contribution in [2.24, 2.45) is 0 Å². The van der Waals surface area contributed by atoms with E-state index >= 15 is 0 Å². The monoisotopic (exact) mass is 415 g/mol. The Morgan fingerprint density at radius 1 is 1.25 bits per heavy atom. The molecule has 0 spiro atoms. The van der Waals surface area contributed by atoms with Crippen LogP contribution < -0.4 is 10.1 Å². The third kappa shape index (κ3) is 3.90. The molecule has 0 aliphatic rings. The molecule has 2 heterocycles. The summed E-state index contributed by atoms with van der Waals surface area (Å²) in [6.45, 7) is 0.646. The maximum atomic E-state index is 10.8. The van der Waals surface area contributed by atoms with Crippen molar-refractivity contribution in [3.05, 3.63) is 75.0 Å². The van der Waals surface area contributed by atoms with Crippen LogP contribution in [0, 0.1) is 10.1 Å². The summed E-state index contributed by atoms with van der Waals surface area (Å²) in [4.78, 5) is 19.2. The number of anilines is 1. The van der Waals surface area contributed by atoms with Gasteiger partial charge in [-0.3, -0.25) is 10.1 Å². The minimum absolute atomic E-state index is 0.0156. The molecule has 0 aliphatic carbocycles. The van der Waals surface area contributed by atoms with Gasteiger partial charge in [-0.25, -0.2) is 9.97 Å². The number of hydrogen-bond acceptors (Lipinski definition) is 7. The van der Waals surface area contributed by atoms with Crippen LogP contribution in [0.4, 0.5) is 10.8 Å². The molecule has 4 rings (SSSR count). The van der Waals surface area contributed by atoms with Gasteiger partial charge >= 0.3 is 0 Å². The fourth-order valence-electron chi connectivity index (χ4n) is 2.70. The Balaban J connectivity index is 1.58. The first-order valence-electron chi connectivity index (χ1n) is 8.25. The summed E-state index contributed by atoms with van der Waals surface area (Å²) in [6, 6.07) is 11.4. The topological polar surface area (TPSA) is 95.1 Å². The molecule has 0 bridgehead atoms. The van der Waals surface area contributed by atoms with Crippen LogP contribution >= 0.6 is 22.9 Å². The maximum Gasteiger partial charge on any atom is 0.269 e. The van der Waals surface area contributed by atoms with Crippen molar-refractivity contribution >= 4 is 44.8 Å². The van der Waals surface area contributed by atoms with Gasteiger partial charge in [-0.15, -0.1) is 11.3 Å². The Bertz CT molecular complexity index is 1110. The standard InChI is InChI=1S/C18H14ClN5O3S/c19-12-1-6-15-16(9-12)23(11-21-18-20-7-8-28-18)17(22-15)10-27-14-4-2-13(3-5-14)24(25)26/h1-9H,10-11H2,(H,20,21). The van der Waals surface area contributed by atoms with Gasteiger partial charge in [0.2, 0.25) is 0 Å². The maximum absolute atomic E-state index is 10.8. The Morgan fingerprint density at radius 3 is 2.79 bits per heavy atom. The van der Waals surface area contributed by atoms with E-state index < -0.39 is 4.92 Å². The van der Waals surface area contributed by atoms with Crippen LogP contribution in [0.3, 0.4) is 0 Å². The number of nitrogens with zero attached hydrogens (tertiary/aromatic N) is 4. The van der Waals surface area contributed by atoms with E-state index in [0.717, 1.165) is 16.2 Å². The lowest BCUT2D eigenvalue weighted by atomic mass is 10.3. The molecule has 8 nitrogen and oxygen atoms in total. The number of ether oxygens (including phenoxy) is 1. The van der Waals surface area contributed by atoms with E-state index in [1.807, 2.05) is 22.1 Å². The summed E-state index contributed by atoms with van der Waals surface area (Å²) in [6.07, 6.45) is 1.73. The minimum Gasteiger partial charge on any atom is -0.486 e. The molecule has 10 heteroatoms. The molecule has 0 saturated heterocycles. The predicted molar refractivity (Wildman–Crippen MR) is 108 cm³/mol. The van der Waals surface area contributed by atoms with Gasteiger partial charge in [-0.1, -0.05) is 11.6 Å². The van der Waals surface area contributed by atoms with Crippen LogP contribution in [0.5, 0.6) is 5.75 Å². The third-order valence-corrected chi connectivity index (χ3v) is 4.99. The van der Waals surface area contributed by atoms with Gasteiger partial charge in [0.25, 0.3) is 5.69 Å². The fraction of sp³-hybridized carbons (Fsp3) is 0.111. The number of benzene rings is 2. The molecule has 1 N–H and O–H groups in total. The van der Waals surface area contributed by atoms with Crippen LogP contribution in [0.25, 0.3) is 11.0 Å². The molecule has 142 valence electrons. The SMILES string of the molecule is O=[N+]([O-])c1ccc(OCc2nc3ccc(Cl)cc3n2CNc2nccs2)cc1. The molecule has 0 atom stereocenters. The van der Waals surface area contributed by atoms with Crippen LogP contribution in [0.15, 0.2) is 54.0 Å². The first kappa shape index (κ1) is 18.2. The predicted octanol–water partition coefficient (Wildman–Crippen LogP) is 4.70. The van der Waals surface area contributed by atoms with E-state index in [2.05, 4.69) is 15.3 Å². The molecule has 0 unspecified atom stereocenters. The number of non-ortho nitro benzene ring substituents is 1. The van der Waals surface area contributed by atoms with Gasteiger partial charge in [0.15, 0.2) is 5.13 Å². The van der Waals surface area contributed by atoms with E-state index in [1.165, 1.54) is 23.5 Å². The van der Waals surface area contributed by atoms with Gasteiger partial charge in [-0.05, 0) is 30.3 Å². The molecule has 0 fully saturated rings. The lowest BCUT2D eigenvalue weighted by Crippen LogP contribution is -2.13. The summed E-state index contributed by atoms with van der Waals surface area (Å²) in [5.74, 6) is 1.22. The first-order valence-corrected chi connectivity index (χ1v) is 9.51. The number of aromatic nitrogens is 3.